The molecule has 0 aliphatic carbocycles. The van der Waals surface area contributed by atoms with Crippen LogP contribution in [-0.2, 0) is 0 Å². The van der Waals surface area contributed by atoms with Crippen LogP contribution < -0.4 is 5.56 Å². The number of amides is 1. The molecule has 5 rings (SSSR count). The van der Waals surface area contributed by atoms with Crippen LogP contribution in [0.1, 0.15) is 42.4 Å². The number of nitrogens with one attached hydrogen (secondary N) is 1. The standard InChI is InChI=1S/C25H23FN4O2/c1-15(2)30-24(31)20-6-4-3-5-19(20)23(28-30)25(32)29-11-9-16(10-12-29)21-14-27-22-13-17(26)7-8-18(21)22/h3-9,13-15,27H,10-12H2,1-2H3. The predicted molar refractivity (Wildman–Crippen MR) is 123 cm³/mol. The average molecular weight is 430 g/mol. The van der Waals surface area contributed by atoms with Crippen molar-refractivity contribution >= 4 is 33.2 Å². The number of hydrogen-bond acceptors (Lipinski definition) is 3. The van der Waals surface area contributed by atoms with Gasteiger partial charge in [-0.3, -0.25) is 9.59 Å². The van der Waals surface area contributed by atoms with Crippen LogP contribution in [0.15, 0.2) is 59.5 Å². The van der Waals surface area contributed by atoms with Crippen molar-refractivity contribution < 1.29 is 9.18 Å². The summed E-state index contributed by atoms with van der Waals surface area (Å²) < 4.78 is 14.9. The highest BCUT2D eigenvalue weighted by molar-refractivity contribution is 6.05. The molecule has 0 bridgehead atoms. The molecule has 4 aromatic rings. The summed E-state index contributed by atoms with van der Waals surface area (Å²) in [6.45, 7) is 4.73. The number of rotatable bonds is 3. The Balaban J connectivity index is 1.48. The summed E-state index contributed by atoms with van der Waals surface area (Å²) in [5.74, 6) is -0.463. The number of aromatic amines is 1. The van der Waals surface area contributed by atoms with E-state index in [-0.39, 0.29) is 23.3 Å². The number of aromatic nitrogens is 3. The summed E-state index contributed by atoms with van der Waals surface area (Å²) in [5, 5.41) is 6.49. The largest absolute Gasteiger partial charge is 0.360 e. The van der Waals surface area contributed by atoms with Gasteiger partial charge in [-0.1, -0.05) is 24.3 Å². The molecule has 6 nitrogen and oxygen atoms in total. The maximum Gasteiger partial charge on any atom is 0.275 e. The van der Waals surface area contributed by atoms with Crippen LogP contribution in [0.3, 0.4) is 0 Å². The molecule has 32 heavy (non-hydrogen) atoms. The summed E-state index contributed by atoms with van der Waals surface area (Å²) >= 11 is 0. The molecule has 1 N–H and O–H groups in total. The first-order chi connectivity index (χ1) is 15.4. The fourth-order valence-corrected chi connectivity index (χ4v) is 4.33. The minimum atomic E-state index is -0.275. The molecule has 7 heteroatoms. The third kappa shape index (κ3) is 3.30. The zero-order chi connectivity index (χ0) is 22.4. The third-order valence-electron chi connectivity index (χ3n) is 6.01. The Hall–Kier alpha value is -3.74. The summed E-state index contributed by atoms with van der Waals surface area (Å²) in [5.41, 5.74) is 3.02. The van der Waals surface area contributed by atoms with Crippen molar-refractivity contribution in [2.75, 3.05) is 13.1 Å². The molecule has 0 spiro atoms. The number of carbonyl (C=O) groups is 1. The Bertz CT molecular complexity index is 1450. The maximum absolute atomic E-state index is 13.5. The highest BCUT2D eigenvalue weighted by Gasteiger charge is 2.25. The van der Waals surface area contributed by atoms with Gasteiger partial charge in [-0.25, -0.2) is 9.07 Å². The van der Waals surface area contributed by atoms with E-state index in [0.29, 0.717) is 36.0 Å². The van der Waals surface area contributed by atoms with Crippen molar-refractivity contribution in [2.24, 2.45) is 0 Å². The number of benzene rings is 2. The van der Waals surface area contributed by atoms with E-state index in [9.17, 15) is 14.0 Å². The molecule has 162 valence electrons. The molecular weight excluding hydrogens is 407 g/mol. The van der Waals surface area contributed by atoms with E-state index in [0.717, 1.165) is 22.0 Å². The monoisotopic (exact) mass is 430 g/mol. The third-order valence-corrected chi connectivity index (χ3v) is 6.01. The van der Waals surface area contributed by atoms with Crippen LogP contribution in [0.25, 0.3) is 27.2 Å². The number of hydrogen-bond donors (Lipinski definition) is 1. The highest BCUT2D eigenvalue weighted by atomic mass is 19.1. The van der Waals surface area contributed by atoms with Crippen molar-refractivity contribution in [3.8, 4) is 0 Å². The Morgan fingerprint density at radius 1 is 1.12 bits per heavy atom. The lowest BCUT2D eigenvalue weighted by Crippen LogP contribution is -2.37. The van der Waals surface area contributed by atoms with Gasteiger partial charge in [0.1, 0.15) is 5.82 Å². The van der Waals surface area contributed by atoms with E-state index >= 15 is 0 Å². The van der Waals surface area contributed by atoms with Gasteiger partial charge in [0.2, 0.25) is 0 Å². The van der Waals surface area contributed by atoms with E-state index in [4.69, 9.17) is 0 Å². The summed E-state index contributed by atoms with van der Waals surface area (Å²) in [6, 6.07) is 11.7. The molecule has 0 unspecified atom stereocenters. The summed E-state index contributed by atoms with van der Waals surface area (Å²) in [4.78, 5) is 31.1. The second kappa shape index (κ2) is 7.75. The van der Waals surface area contributed by atoms with Gasteiger partial charge in [-0.15, -0.1) is 0 Å². The Morgan fingerprint density at radius 3 is 2.62 bits per heavy atom. The van der Waals surface area contributed by atoms with Crippen LogP contribution in [-0.4, -0.2) is 38.7 Å². The predicted octanol–water partition coefficient (Wildman–Crippen LogP) is 4.53. The molecule has 0 fully saturated rings. The lowest BCUT2D eigenvalue weighted by atomic mass is 9.98. The van der Waals surface area contributed by atoms with E-state index in [2.05, 4.69) is 10.1 Å². The molecule has 1 amide bonds. The molecule has 0 radical (unpaired) electrons. The molecule has 2 aromatic heterocycles. The number of fused-ring (bicyclic) bond motifs is 2. The maximum atomic E-state index is 13.5. The number of halogens is 1. The highest BCUT2D eigenvalue weighted by Crippen LogP contribution is 2.30. The van der Waals surface area contributed by atoms with Crippen molar-refractivity contribution in [1.82, 2.24) is 19.7 Å². The zero-order valence-electron chi connectivity index (χ0n) is 17.9. The second-order valence-corrected chi connectivity index (χ2v) is 8.36. The van der Waals surface area contributed by atoms with E-state index in [1.807, 2.05) is 32.2 Å². The quantitative estimate of drug-likeness (QED) is 0.519. The summed E-state index contributed by atoms with van der Waals surface area (Å²) in [7, 11) is 0. The fraction of sp³-hybridized carbons (Fsp3) is 0.240. The first kappa shape index (κ1) is 20.2. The first-order valence-electron chi connectivity index (χ1n) is 10.7. The molecule has 3 heterocycles. The number of nitrogens with zero attached hydrogens (tertiary/aromatic N) is 3. The van der Waals surface area contributed by atoms with Crippen LogP contribution in [0, 0.1) is 5.82 Å². The SMILES string of the molecule is CC(C)n1nc(C(=O)N2CC=C(c3c[nH]c4cc(F)ccc34)CC2)c2ccccc2c1=O. The lowest BCUT2D eigenvalue weighted by molar-refractivity contribution is 0.0766. The van der Waals surface area contributed by atoms with Crippen molar-refractivity contribution in [2.45, 2.75) is 26.3 Å². The van der Waals surface area contributed by atoms with Gasteiger partial charge >= 0.3 is 0 Å². The van der Waals surface area contributed by atoms with E-state index < -0.39 is 0 Å². The molecule has 0 atom stereocenters. The van der Waals surface area contributed by atoms with Gasteiger partial charge < -0.3 is 9.88 Å². The Labute approximate surface area is 184 Å². The molecule has 1 aliphatic rings. The van der Waals surface area contributed by atoms with Crippen LogP contribution in [0.4, 0.5) is 4.39 Å². The van der Waals surface area contributed by atoms with Crippen LogP contribution in [0.2, 0.25) is 0 Å². The topological polar surface area (TPSA) is 71.0 Å². The Kier molecular flexibility index (Phi) is 4.89. The van der Waals surface area contributed by atoms with Crippen molar-refractivity contribution in [3.05, 3.63) is 82.2 Å². The van der Waals surface area contributed by atoms with Gasteiger partial charge in [0, 0.05) is 41.1 Å². The molecular formula is C25H23FN4O2. The smallest absolute Gasteiger partial charge is 0.275 e. The van der Waals surface area contributed by atoms with Gasteiger partial charge in [0.15, 0.2) is 5.69 Å². The van der Waals surface area contributed by atoms with Crippen LogP contribution in [0.5, 0.6) is 0 Å². The second-order valence-electron chi connectivity index (χ2n) is 8.36. The molecule has 0 saturated carbocycles. The van der Waals surface area contributed by atoms with Gasteiger partial charge in [0.05, 0.1) is 11.4 Å². The first-order valence-corrected chi connectivity index (χ1v) is 10.7. The average Bonchev–Trinajstić information content (AvgIpc) is 3.22. The van der Waals surface area contributed by atoms with Crippen molar-refractivity contribution in [3.63, 3.8) is 0 Å². The van der Waals surface area contributed by atoms with E-state index in [1.54, 1.807) is 29.2 Å². The van der Waals surface area contributed by atoms with Crippen LogP contribution >= 0.6 is 0 Å². The number of carbonyl (C=O) groups excluding carboxylic acids is 1. The van der Waals surface area contributed by atoms with Gasteiger partial charge in [-0.05, 0) is 50.1 Å². The molecule has 2 aromatic carbocycles. The van der Waals surface area contributed by atoms with E-state index in [1.165, 1.54) is 16.8 Å². The minimum Gasteiger partial charge on any atom is -0.360 e. The lowest BCUT2D eigenvalue weighted by Gasteiger charge is -2.27. The van der Waals surface area contributed by atoms with Crippen molar-refractivity contribution in [1.29, 1.82) is 0 Å². The summed E-state index contributed by atoms with van der Waals surface area (Å²) in [6.07, 6.45) is 4.60. The molecule has 0 saturated heterocycles. The Morgan fingerprint density at radius 2 is 1.91 bits per heavy atom. The minimum absolute atomic E-state index is 0.154. The fourth-order valence-electron chi connectivity index (χ4n) is 4.33. The number of H-pyrrole nitrogens is 1. The van der Waals surface area contributed by atoms with Gasteiger partial charge in [-0.2, -0.15) is 5.10 Å². The van der Waals surface area contributed by atoms with Gasteiger partial charge in [0.25, 0.3) is 11.5 Å². The normalized spacial score (nSPS) is 14.4. The zero-order valence-corrected chi connectivity index (χ0v) is 17.9. The molecule has 1 aliphatic heterocycles.